The van der Waals surface area contributed by atoms with Crippen LogP contribution >= 0.6 is 27.5 Å². The van der Waals surface area contributed by atoms with Crippen molar-refractivity contribution >= 4 is 33.2 Å². The second-order valence-electron chi connectivity index (χ2n) is 4.12. The van der Waals surface area contributed by atoms with E-state index >= 15 is 0 Å². The van der Waals surface area contributed by atoms with Gasteiger partial charge in [-0.1, -0.05) is 23.7 Å². The van der Waals surface area contributed by atoms with E-state index in [-0.39, 0.29) is 11.9 Å². The molecule has 0 saturated heterocycles. The molecule has 5 heteroatoms. The molecule has 100 valence electrons. The van der Waals surface area contributed by atoms with Crippen LogP contribution in [-0.4, -0.2) is 6.54 Å². The smallest absolute Gasteiger partial charge is 0.123 e. The normalized spacial score (nSPS) is 12.2. The van der Waals surface area contributed by atoms with Crippen LogP contribution in [0, 0.1) is 5.82 Å². The van der Waals surface area contributed by atoms with Gasteiger partial charge in [0.15, 0.2) is 0 Å². The van der Waals surface area contributed by atoms with Crippen LogP contribution in [0.15, 0.2) is 46.9 Å². The zero-order valence-electron chi connectivity index (χ0n) is 10.0. The molecule has 0 spiro atoms. The van der Waals surface area contributed by atoms with Crippen LogP contribution in [-0.2, 0) is 0 Å². The first-order valence-electron chi connectivity index (χ1n) is 5.77. The minimum Gasteiger partial charge on any atom is -0.377 e. The number of benzene rings is 2. The van der Waals surface area contributed by atoms with Crippen LogP contribution in [0.2, 0.25) is 5.02 Å². The van der Waals surface area contributed by atoms with Crippen molar-refractivity contribution in [2.45, 2.75) is 6.04 Å². The first-order chi connectivity index (χ1) is 9.10. The van der Waals surface area contributed by atoms with Crippen molar-refractivity contribution in [2.24, 2.45) is 5.73 Å². The highest BCUT2D eigenvalue weighted by molar-refractivity contribution is 9.10. The van der Waals surface area contributed by atoms with Crippen LogP contribution in [0.1, 0.15) is 11.6 Å². The molecule has 0 fully saturated rings. The molecule has 2 aromatic rings. The molecular weight excluding hydrogens is 331 g/mol. The summed E-state index contributed by atoms with van der Waals surface area (Å²) >= 11 is 9.30. The fourth-order valence-electron chi connectivity index (χ4n) is 1.79. The Kier molecular flexibility index (Phi) is 4.80. The van der Waals surface area contributed by atoms with Gasteiger partial charge in [-0.05, 0) is 51.8 Å². The van der Waals surface area contributed by atoms with Crippen molar-refractivity contribution in [3.63, 3.8) is 0 Å². The zero-order valence-corrected chi connectivity index (χ0v) is 12.4. The first kappa shape index (κ1) is 14.3. The fourth-order valence-corrected chi connectivity index (χ4v) is 2.29. The highest BCUT2D eigenvalue weighted by Gasteiger charge is 2.10. The zero-order chi connectivity index (χ0) is 13.8. The number of halogens is 3. The van der Waals surface area contributed by atoms with Gasteiger partial charge in [0.25, 0.3) is 0 Å². The Morgan fingerprint density at radius 2 is 2.05 bits per heavy atom. The lowest BCUT2D eigenvalue weighted by Gasteiger charge is -2.19. The van der Waals surface area contributed by atoms with E-state index in [0.717, 1.165) is 15.7 Å². The van der Waals surface area contributed by atoms with Gasteiger partial charge in [-0.15, -0.1) is 0 Å². The Balaban J connectivity index is 2.21. The molecule has 0 aliphatic carbocycles. The molecule has 1 unspecified atom stereocenters. The Hall–Kier alpha value is -1.10. The quantitative estimate of drug-likeness (QED) is 0.866. The minimum absolute atomic E-state index is 0.149. The van der Waals surface area contributed by atoms with Gasteiger partial charge < -0.3 is 11.1 Å². The van der Waals surface area contributed by atoms with Gasteiger partial charge in [-0.3, -0.25) is 0 Å². The van der Waals surface area contributed by atoms with Gasteiger partial charge in [-0.2, -0.15) is 0 Å². The topological polar surface area (TPSA) is 38.0 Å². The molecule has 0 heterocycles. The number of nitrogens with two attached hydrogens (primary N) is 1. The van der Waals surface area contributed by atoms with Crippen molar-refractivity contribution in [1.82, 2.24) is 0 Å². The molecule has 2 aromatic carbocycles. The van der Waals surface area contributed by atoms with Crippen LogP contribution in [0.25, 0.3) is 0 Å². The maximum absolute atomic E-state index is 13.2. The van der Waals surface area contributed by atoms with Gasteiger partial charge in [-0.25, -0.2) is 4.39 Å². The summed E-state index contributed by atoms with van der Waals surface area (Å²) in [6, 6.07) is 11.8. The third-order valence-corrected chi connectivity index (χ3v) is 3.96. The molecular formula is C14H13BrClFN2. The highest BCUT2D eigenvalue weighted by Crippen LogP contribution is 2.27. The maximum Gasteiger partial charge on any atom is 0.123 e. The standard InChI is InChI=1S/C14H13BrClFN2/c15-12-7-11(4-5-13(12)16)19-14(8-18)9-2-1-3-10(17)6-9/h1-7,14,19H,8,18H2. The SMILES string of the molecule is NCC(Nc1ccc(Cl)c(Br)c1)c1cccc(F)c1. The molecule has 0 aliphatic heterocycles. The molecule has 0 amide bonds. The molecule has 0 bridgehead atoms. The van der Waals surface area contributed by atoms with Crippen LogP contribution in [0.4, 0.5) is 10.1 Å². The maximum atomic E-state index is 13.2. The summed E-state index contributed by atoms with van der Waals surface area (Å²) in [5, 5.41) is 3.90. The highest BCUT2D eigenvalue weighted by atomic mass is 79.9. The molecule has 0 aliphatic rings. The van der Waals surface area contributed by atoms with E-state index in [9.17, 15) is 4.39 Å². The number of rotatable bonds is 4. The first-order valence-corrected chi connectivity index (χ1v) is 6.94. The molecule has 2 nitrogen and oxygen atoms in total. The van der Waals surface area contributed by atoms with E-state index in [1.165, 1.54) is 12.1 Å². The lowest BCUT2D eigenvalue weighted by atomic mass is 10.1. The molecule has 0 saturated carbocycles. The van der Waals surface area contributed by atoms with E-state index < -0.39 is 0 Å². The van der Waals surface area contributed by atoms with E-state index in [1.807, 2.05) is 18.2 Å². The summed E-state index contributed by atoms with van der Waals surface area (Å²) in [7, 11) is 0. The van der Waals surface area contributed by atoms with E-state index in [2.05, 4.69) is 21.2 Å². The van der Waals surface area contributed by atoms with Crippen molar-refractivity contribution in [3.05, 3.63) is 63.3 Å². The average molecular weight is 344 g/mol. The third-order valence-electron chi connectivity index (χ3n) is 2.75. The molecule has 2 rings (SSSR count). The monoisotopic (exact) mass is 342 g/mol. The predicted molar refractivity (Wildman–Crippen MR) is 81.0 cm³/mol. The third kappa shape index (κ3) is 3.69. The van der Waals surface area contributed by atoms with E-state index in [4.69, 9.17) is 17.3 Å². The summed E-state index contributed by atoms with van der Waals surface area (Å²) in [5.74, 6) is -0.268. The fraction of sp³-hybridized carbons (Fsp3) is 0.143. The summed E-state index contributed by atoms with van der Waals surface area (Å²) in [5.41, 5.74) is 7.43. The molecule has 1 atom stereocenters. The predicted octanol–water partition coefficient (Wildman–Crippen LogP) is 4.35. The molecule has 0 aromatic heterocycles. The second-order valence-corrected chi connectivity index (χ2v) is 5.38. The van der Waals surface area contributed by atoms with Crippen LogP contribution in [0.3, 0.4) is 0 Å². The lowest BCUT2D eigenvalue weighted by Crippen LogP contribution is -2.20. The molecule has 3 N–H and O–H groups in total. The van der Waals surface area contributed by atoms with Crippen molar-refractivity contribution in [2.75, 3.05) is 11.9 Å². The van der Waals surface area contributed by atoms with Gasteiger partial charge in [0.1, 0.15) is 5.82 Å². The number of nitrogens with one attached hydrogen (secondary N) is 1. The van der Waals surface area contributed by atoms with E-state index in [1.54, 1.807) is 12.1 Å². The second kappa shape index (κ2) is 6.37. The number of hydrogen-bond donors (Lipinski definition) is 2. The summed E-state index contributed by atoms with van der Waals surface area (Å²) in [6.07, 6.45) is 0. The largest absolute Gasteiger partial charge is 0.377 e. The van der Waals surface area contributed by atoms with Crippen LogP contribution < -0.4 is 11.1 Å². The van der Waals surface area contributed by atoms with Crippen LogP contribution in [0.5, 0.6) is 0 Å². The van der Waals surface area contributed by atoms with Gasteiger partial charge in [0, 0.05) is 16.7 Å². The Morgan fingerprint density at radius 1 is 1.26 bits per heavy atom. The summed E-state index contributed by atoms with van der Waals surface area (Å²) in [4.78, 5) is 0. The van der Waals surface area contributed by atoms with Crippen molar-refractivity contribution < 1.29 is 4.39 Å². The number of anilines is 1. The summed E-state index contributed by atoms with van der Waals surface area (Å²) < 4.78 is 14.0. The van der Waals surface area contributed by atoms with Gasteiger partial charge >= 0.3 is 0 Å². The average Bonchev–Trinajstić information content (AvgIpc) is 2.40. The Morgan fingerprint density at radius 3 is 2.68 bits per heavy atom. The van der Waals surface area contributed by atoms with E-state index in [0.29, 0.717) is 11.6 Å². The Labute approximate surface area is 124 Å². The van der Waals surface area contributed by atoms with Gasteiger partial charge in [0.05, 0.1) is 11.1 Å². The number of hydrogen-bond acceptors (Lipinski definition) is 2. The molecule has 0 radical (unpaired) electrons. The van der Waals surface area contributed by atoms with Crippen molar-refractivity contribution in [1.29, 1.82) is 0 Å². The summed E-state index contributed by atoms with van der Waals surface area (Å²) in [6.45, 7) is 0.365. The van der Waals surface area contributed by atoms with Gasteiger partial charge in [0.2, 0.25) is 0 Å². The molecule has 19 heavy (non-hydrogen) atoms. The minimum atomic E-state index is -0.268. The Bertz CT molecular complexity index is 577. The lowest BCUT2D eigenvalue weighted by molar-refractivity contribution is 0.622. The van der Waals surface area contributed by atoms with Crippen molar-refractivity contribution in [3.8, 4) is 0 Å².